The number of aryl methyl sites for hydroxylation is 1. The number of rotatable bonds is 5. The third-order valence-corrected chi connectivity index (χ3v) is 3.63. The minimum atomic E-state index is -0.740. The molecule has 0 spiro atoms. The smallest absolute Gasteiger partial charge is 0.303 e. The van der Waals surface area contributed by atoms with Gasteiger partial charge in [-0.1, -0.05) is 23.9 Å². The molecule has 0 aliphatic heterocycles. The van der Waals surface area contributed by atoms with E-state index in [4.69, 9.17) is 5.11 Å². The van der Waals surface area contributed by atoms with Crippen LogP contribution in [-0.2, 0) is 11.8 Å². The lowest BCUT2D eigenvalue weighted by Crippen LogP contribution is -1.96. The Hall–Kier alpha value is -1.49. The number of imidazole rings is 1. The summed E-state index contributed by atoms with van der Waals surface area (Å²) in [7, 11) is 1.98. The quantitative estimate of drug-likeness (QED) is 0.654. The predicted octanol–water partition coefficient (Wildman–Crippen LogP) is 2.53. The maximum atomic E-state index is 10.4. The Morgan fingerprint density at radius 2 is 2.24 bits per heavy atom. The molecule has 17 heavy (non-hydrogen) atoms. The van der Waals surface area contributed by atoms with Crippen LogP contribution in [0.15, 0.2) is 29.4 Å². The van der Waals surface area contributed by atoms with Gasteiger partial charge < -0.3 is 9.67 Å². The van der Waals surface area contributed by atoms with Gasteiger partial charge >= 0.3 is 5.97 Å². The monoisotopic (exact) mass is 250 g/mol. The normalized spacial score (nSPS) is 10.9. The van der Waals surface area contributed by atoms with Crippen LogP contribution >= 0.6 is 11.8 Å². The molecule has 1 N–H and O–H groups in total. The van der Waals surface area contributed by atoms with E-state index in [9.17, 15) is 4.79 Å². The van der Waals surface area contributed by atoms with Crippen molar-refractivity contribution in [1.82, 2.24) is 9.55 Å². The molecule has 0 fully saturated rings. The molecule has 0 amide bonds. The van der Waals surface area contributed by atoms with Crippen LogP contribution in [-0.4, -0.2) is 26.4 Å². The van der Waals surface area contributed by atoms with Crippen molar-refractivity contribution in [1.29, 1.82) is 0 Å². The number of carbonyl (C=O) groups is 1. The summed E-state index contributed by atoms with van der Waals surface area (Å²) in [5.41, 5.74) is 2.09. The van der Waals surface area contributed by atoms with E-state index in [1.54, 1.807) is 11.8 Å². The molecule has 0 bridgehead atoms. The number of carboxylic acids is 1. The van der Waals surface area contributed by atoms with Crippen molar-refractivity contribution >= 4 is 28.8 Å². The Bertz CT molecular complexity index is 536. The summed E-state index contributed by atoms with van der Waals surface area (Å²) in [6.07, 6.45) is 0.889. The number of benzene rings is 1. The molecule has 0 radical (unpaired) electrons. The first-order valence-corrected chi connectivity index (χ1v) is 6.43. The van der Waals surface area contributed by atoms with Crippen LogP contribution in [0.25, 0.3) is 11.0 Å². The van der Waals surface area contributed by atoms with Gasteiger partial charge in [-0.25, -0.2) is 4.98 Å². The number of nitrogens with zero attached hydrogens (tertiary/aromatic N) is 2. The van der Waals surface area contributed by atoms with Crippen molar-refractivity contribution in [2.75, 3.05) is 5.75 Å². The highest BCUT2D eigenvalue weighted by Gasteiger charge is 2.07. The summed E-state index contributed by atoms with van der Waals surface area (Å²) in [5.74, 6) is 0.0410. The fourth-order valence-electron chi connectivity index (χ4n) is 1.64. The van der Waals surface area contributed by atoms with Gasteiger partial charge in [0.25, 0.3) is 0 Å². The fraction of sp³-hybridized carbons (Fsp3) is 0.333. The van der Waals surface area contributed by atoms with Crippen LogP contribution in [0.5, 0.6) is 0 Å². The minimum Gasteiger partial charge on any atom is -0.481 e. The summed E-state index contributed by atoms with van der Waals surface area (Å²) >= 11 is 1.60. The highest BCUT2D eigenvalue weighted by molar-refractivity contribution is 7.99. The maximum Gasteiger partial charge on any atom is 0.303 e. The molecule has 4 nitrogen and oxygen atoms in total. The molecular formula is C12H14N2O2S. The highest BCUT2D eigenvalue weighted by atomic mass is 32.2. The van der Waals surface area contributed by atoms with E-state index in [0.717, 1.165) is 21.9 Å². The zero-order chi connectivity index (χ0) is 12.3. The maximum absolute atomic E-state index is 10.4. The van der Waals surface area contributed by atoms with Gasteiger partial charge in [0.05, 0.1) is 11.0 Å². The van der Waals surface area contributed by atoms with Crippen molar-refractivity contribution in [3.63, 3.8) is 0 Å². The zero-order valence-electron chi connectivity index (χ0n) is 9.59. The van der Waals surface area contributed by atoms with Crippen LogP contribution in [0, 0.1) is 0 Å². The predicted molar refractivity (Wildman–Crippen MR) is 68.3 cm³/mol. The van der Waals surface area contributed by atoms with E-state index in [1.165, 1.54) is 0 Å². The van der Waals surface area contributed by atoms with Gasteiger partial charge in [-0.3, -0.25) is 4.79 Å². The van der Waals surface area contributed by atoms with E-state index in [0.29, 0.717) is 6.42 Å². The zero-order valence-corrected chi connectivity index (χ0v) is 10.4. The number of thioether (sulfide) groups is 1. The van der Waals surface area contributed by atoms with Crippen molar-refractivity contribution in [3.05, 3.63) is 24.3 Å². The lowest BCUT2D eigenvalue weighted by atomic mass is 10.3. The lowest BCUT2D eigenvalue weighted by Gasteiger charge is -2.00. The SMILES string of the molecule is Cn1c(SCCCC(=O)O)nc2ccccc21. The second kappa shape index (κ2) is 5.23. The number of hydrogen-bond acceptors (Lipinski definition) is 3. The van der Waals surface area contributed by atoms with Crippen molar-refractivity contribution in [3.8, 4) is 0 Å². The fourth-order valence-corrected chi connectivity index (χ4v) is 2.57. The van der Waals surface area contributed by atoms with E-state index >= 15 is 0 Å². The van der Waals surface area contributed by atoms with Gasteiger partial charge in [0.15, 0.2) is 5.16 Å². The Balaban J connectivity index is 2.04. The van der Waals surface area contributed by atoms with Crippen LogP contribution in [0.3, 0.4) is 0 Å². The Morgan fingerprint density at radius 3 is 2.94 bits per heavy atom. The summed E-state index contributed by atoms with van der Waals surface area (Å²) < 4.78 is 2.04. The number of fused-ring (bicyclic) bond motifs is 1. The molecule has 90 valence electrons. The number of carboxylic acid groups (broad SMARTS) is 1. The van der Waals surface area contributed by atoms with Crippen molar-refractivity contribution in [2.45, 2.75) is 18.0 Å². The Kier molecular flexibility index (Phi) is 3.68. The largest absolute Gasteiger partial charge is 0.481 e. The van der Waals surface area contributed by atoms with Crippen LogP contribution < -0.4 is 0 Å². The molecule has 2 rings (SSSR count). The third kappa shape index (κ3) is 2.79. The Labute approximate surface area is 104 Å². The van der Waals surface area contributed by atoms with Crippen LogP contribution in [0.1, 0.15) is 12.8 Å². The van der Waals surface area contributed by atoms with Gasteiger partial charge in [0.1, 0.15) is 0 Å². The second-order valence-electron chi connectivity index (χ2n) is 3.79. The lowest BCUT2D eigenvalue weighted by molar-refractivity contribution is -0.137. The molecule has 2 aromatic rings. The molecule has 0 saturated heterocycles. The first-order chi connectivity index (χ1) is 8.18. The third-order valence-electron chi connectivity index (χ3n) is 2.51. The number of aliphatic carboxylic acids is 1. The van der Waals surface area contributed by atoms with Crippen LogP contribution in [0.4, 0.5) is 0 Å². The van der Waals surface area contributed by atoms with Crippen molar-refractivity contribution in [2.24, 2.45) is 7.05 Å². The average Bonchev–Trinajstić information content (AvgIpc) is 2.63. The molecule has 0 atom stereocenters. The summed E-state index contributed by atoms with van der Waals surface area (Å²) in [6.45, 7) is 0. The first kappa shape index (κ1) is 12.0. The van der Waals surface area contributed by atoms with Crippen LogP contribution in [0.2, 0.25) is 0 Å². The van der Waals surface area contributed by atoms with Gasteiger partial charge in [-0.15, -0.1) is 0 Å². The summed E-state index contributed by atoms with van der Waals surface area (Å²) in [6, 6.07) is 7.97. The molecular weight excluding hydrogens is 236 g/mol. The van der Waals surface area contributed by atoms with Gasteiger partial charge in [0, 0.05) is 19.2 Å². The van der Waals surface area contributed by atoms with E-state index in [2.05, 4.69) is 4.98 Å². The molecule has 1 heterocycles. The van der Waals surface area contributed by atoms with E-state index < -0.39 is 5.97 Å². The highest BCUT2D eigenvalue weighted by Crippen LogP contribution is 2.23. The molecule has 1 aromatic heterocycles. The average molecular weight is 250 g/mol. The topological polar surface area (TPSA) is 55.1 Å². The van der Waals surface area contributed by atoms with Gasteiger partial charge in [-0.05, 0) is 18.6 Å². The molecule has 1 aromatic carbocycles. The molecule has 0 aliphatic rings. The summed E-state index contributed by atoms with van der Waals surface area (Å²) in [5, 5.41) is 9.49. The number of aromatic nitrogens is 2. The Morgan fingerprint density at radius 1 is 1.47 bits per heavy atom. The first-order valence-electron chi connectivity index (χ1n) is 5.44. The van der Waals surface area contributed by atoms with Gasteiger partial charge in [0.2, 0.25) is 0 Å². The minimum absolute atomic E-state index is 0.219. The standard InChI is InChI=1S/C12H14N2O2S/c1-14-10-6-3-2-5-9(10)13-12(14)17-8-4-7-11(15)16/h2-3,5-6H,4,7-8H2,1H3,(H,15,16). The second-order valence-corrected chi connectivity index (χ2v) is 4.85. The molecule has 0 aliphatic carbocycles. The number of para-hydroxylation sites is 2. The van der Waals surface area contributed by atoms with E-state index in [1.807, 2.05) is 35.9 Å². The molecule has 5 heteroatoms. The van der Waals surface area contributed by atoms with E-state index in [-0.39, 0.29) is 6.42 Å². The molecule has 0 saturated carbocycles. The van der Waals surface area contributed by atoms with Crippen molar-refractivity contribution < 1.29 is 9.90 Å². The number of hydrogen-bond donors (Lipinski definition) is 1. The summed E-state index contributed by atoms with van der Waals surface area (Å²) in [4.78, 5) is 14.9. The molecule has 0 unspecified atom stereocenters. The van der Waals surface area contributed by atoms with Gasteiger partial charge in [-0.2, -0.15) is 0 Å².